The van der Waals surface area contributed by atoms with Crippen LogP contribution < -0.4 is 0 Å². The van der Waals surface area contributed by atoms with Crippen molar-refractivity contribution in [2.45, 2.75) is 71.2 Å². The summed E-state index contributed by atoms with van der Waals surface area (Å²) in [5, 5.41) is 1.46. The predicted octanol–water partition coefficient (Wildman–Crippen LogP) is 4.39. The number of carbonyl (C=O) groups excluding carboxylic acids is 1. The van der Waals surface area contributed by atoms with E-state index in [0.717, 1.165) is 12.8 Å². The van der Waals surface area contributed by atoms with E-state index in [4.69, 9.17) is 9.26 Å². The highest BCUT2D eigenvalue weighted by Crippen LogP contribution is 2.38. The van der Waals surface area contributed by atoms with Gasteiger partial charge in [0.25, 0.3) is 0 Å². The topological polar surface area (TPSA) is 38.8 Å². The molecule has 0 aromatic carbocycles. The number of allylic oxidation sites excluding steroid dienone is 1. The van der Waals surface area contributed by atoms with Gasteiger partial charge in [0.1, 0.15) is 0 Å². The molecule has 0 saturated carbocycles. The summed E-state index contributed by atoms with van der Waals surface area (Å²) in [7, 11) is 1.31. The third-order valence-electron chi connectivity index (χ3n) is 4.58. The van der Waals surface area contributed by atoms with Crippen molar-refractivity contribution in [3.05, 3.63) is 12.7 Å². The Kier molecular flexibility index (Phi) is 8.58. The van der Waals surface area contributed by atoms with Crippen molar-refractivity contribution >= 4 is 14.2 Å². The molecular weight excluding hydrogens is 294 g/mol. The van der Waals surface area contributed by atoms with E-state index < -0.39 is 8.32 Å². The van der Waals surface area contributed by atoms with Gasteiger partial charge in [0.15, 0.2) is 8.32 Å². The van der Waals surface area contributed by atoms with Crippen molar-refractivity contribution in [1.29, 1.82) is 0 Å². The van der Waals surface area contributed by atoms with Gasteiger partial charge in [-0.1, -0.05) is 33.8 Å². The third kappa shape index (κ3) is 6.63. The number of rotatable bonds is 9. The van der Waals surface area contributed by atoms with Crippen LogP contribution in [0.5, 0.6) is 0 Å². The van der Waals surface area contributed by atoms with Crippen LogP contribution in [-0.2, 0) is 14.1 Å². The molecule has 0 radical (unpaired) electrons. The van der Waals surface area contributed by atoms with E-state index >= 15 is 0 Å². The average Bonchev–Trinajstić information content (AvgIpc) is 2.41. The molecule has 22 heavy (non-hydrogen) atoms. The molecule has 0 aromatic rings. The first-order chi connectivity index (χ1) is 9.96. The normalized spacial score (nSPS) is 15.3. The van der Waals surface area contributed by atoms with E-state index in [1.165, 1.54) is 12.2 Å². The SMILES string of the molecule is C=CCC[C@H](CC(C)C(=O)N(C)OC)O[Si](C)(C)C(C)(C)C. The fourth-order valence-corrected chi connectivity index (χ4v) is 3.42. The smallest absolute Gasteiger partial charge is 0.248 e. The van der Waals surface area contributed by atoms with E-state index in [9.17, 15) is 4.79 Å². The molecule has 0 spiro atoms. The Balaban J connectivity index is 4.92. The molecular formula is C17H35NO3Si. The zero-order valence-electron chi connectivity index (χ0n) is 15.7. The third-order valence-corrected chi connectivity index (χ3v) is 9.12. The summed E-state index contributed by atoms with van der Waals surface area (Å²) < 4.78 is 6.52. The lowest BCUT2D eigenvalue weighted by Gasteiger charge is -2.40. The molecule has 0 bridgehead atoms. The second-order valence-corrected chi connectivity index (χ2v) is 12.3. The summed E-state index contributed by atoms with van der Waals surface area (Å²) >= 11 is 0. The van der Waals surface area contributed by atoms with Gasteiger partial charge >= 0.3 is 0 Å². The van der Waals surface area contributed by atoms with Gasteiger partial charge in [-0.25, -0.2) is 5.06 Å². The number of hydrogen-bond acceptors (Lipinski definition) is 3. The lowest BCUT2D eigenvalue weighted by Crippen LogP contribution is -2.45. The minimum absolute atomic E-state index is 0.00932. The number of hydrogen-bond donors (Lipinski definition) is 0. The molecule has 0 aliphatic heterocycles. The van der Waals surface area contributed by atoms with Crippen LogP contribution >= 0.6 is 0 Å². The second kappa shape index (κ2) is 8.84. The molecule has 0 aliphatic carbocycles. The van der Waals surface area contributed by atoms with Crippen molar-refractivity contribution in [2.75, 3.05) is 14.2 Å². The Morgan fingerprint density at radius 1 is 1.36 bits per heavy atom. The highest BCUT2D eigenvalue weighted by atomic mass is 28.4. The molecule has 0 heterocycles. The van der Waals surface area contributed by atoms with Crippen molar-refractivity contribution in [3.8, 4) is 0 Å². The quantitative estimate of drug-likeness (QED) is 0.358. The average molecular weight is 330 g/mol. The van der Waals surface area contributed by atoms with E-state index in [1.54, 1.807) is 7.05 Å². The van der Waals surface area contributed by atoms with E-state index in [0.29, 0.717) is 6.42 Å². The Morgan fingerprint density at radius 3 is 2.32 bits per heavy atom. The lowest BCUT2D eigenvalue weighted by molar-refractivity contribution is -0.173. The first-order valence-electron chi connectivity index (χ1n) is 8.06. The first kappa shape index (κ1) is 21.3. The van der Waals surface area contributed by atoms with Crippen LogP contribution in [0.2, 0.25) is 18.1 Å². The van der Waals surface area contributed by atoms with Crippen molar-refractivity contribution < 1.29 is 14.1 Å². The Labute approximate surface area is 137 Å². The zero-order valence-corrected chi connectivity index (χ0v) is 16.7. The first-order valence-corrected chi connectivity index (χ1v) is 11.0. The van der Waals surface area contributed by atoms with Gasteiger partial charge in [-0.15, -0.1) is 6.58 Å². The summed E-state index contributed by atoms with van der Waals surface area (Å²) in [5.41, 5.74) is 0. The summed E-state index contributed by atoms with van der Waals surface area (Å²) in [6.45, 7) is 16.9. The zero-order chi connectivity index (χ0) is 17.6. The van der Waals surface area contributed by atoms with Crippen LogP contribution in [0.25, 0.3) is 0 Å². The molecule has 4 nitrogen and oxygen atoms in total. The molecule has 0 aliphatic rings. The maximum Gasteiger partial charge on any atom is 0.248 e. The van der Waals surface area contributed by atoms with Gasteiger partial charge < -0.3 is 4.43 Å². The van der Waals surface area contributed by atoms with Crippen LogP contribution in [0.15, 0.2) is 12.7 Å². The van der Waals surface area contributed by atoms with Crippen molar-refractivity contribution in [2.24, 2.45) is 5.92 Å². The van der Waals surface area contributed by atoms with Crippen molar-refractivity contribution in [1.82, 2.24) is 5.06 Å². The molecule has 2 atom stereocenters. The standard InChI is InChI=1S/C17H35NO3Si/c1-10-11-12-15(21-22(8,9)17(3,4)5)13-14(2)16(19)18(6)20-7/h10,14-15H,1,11-13H2,2-9H3/t14?,15-/m1/s1. The van der Waals surface area contributed by atoms with Gasteiger partial charge in [-0.05, 0) is 37.4 Å². The number of nitrogens with zero attached hydrogens (tertiary/aromatic N) is 1. The highest BCUT2D eigenvalue weighted by molar-refractivity contribution is 6.74. The monoisotopic (exact) mass is 329 g/mol. The Morgan fingerprint density at radius 2 is 1.91 bits per heavy atom. The minimum atomic E-state index is -1.85. The highest BCUT2D eigenvalue weighted by Gasteiger charge is 2.39. The maximum atomic E-state index is 12.2. The summed E-state index contributed by atoms with van der Waals surface area (Å²) in [4.78, 5) is 17.2. The predicted molar refractivity (Wildman–Crippen MR) is 95.1 cm³/mol. The minimum Gasteiger partial charge on any atom is -0.414 e. The molecule has 0 saturated heterocycles. The van der Waals surface area contributed by atoms with Gasteiger partial charge in [-0.3, -0.25) is 9.63 Å². The Hall–Kier alpha value is -0.653. The lowest BCUT2D eigenvalue weighted by atomic mass is 10.00. The molecule has 0 N–H and O–H groups in total. The molecule has 0 aromatic heterocycles. The molecule has 130 valence electrons. The van der Waals surface area contributed by atoms with Gasteiger partial charge in [0, 0.05) is 19.1 Å². The maximum absolute atomic E-state index is 12.2. The van der Waals surface area contributed by atoms with Crippen molar-refractivity contribution in [3.63, 3.8) is 0 Å². The van der Waals surface area contributed by atoms with E-state index in [1.807, 2.05) is 13.0 Å². The van der Waals surface area contributed by atoms with E-state index in [-0.39, 0.29) is 23.0 Å². The van der Waals surface area contributed by atoms with Crippen LogP contribution in [0.3, 0.4) is 0 Å². The molecule has 1 amide bonds. The fraction of sp³-hybridized carbons (Fsp3) is 0.824. The van der Waals surface area contributed by atoms with Gasteiger partial charge in [0.2, 0.25) is 5.91 Å². The Bertz CT molecular complexity index is 363. The fourth-order valence-electron chi connectivity index (χ4n) is 2.02. The summed E-state index contributed by atoms with van der Waals surface area (Å²) in [6, 6.07) is 0. The summed E-state index contributed by atoms with van der Waals surface area (Å²) in [6.07, 6.45) is 4.52. The van der Waals surface area contributed by atoms with Crippen LogP contribution in [0, 0.1) is 5.92 Å². The summed E-state index contributed by atoms with van der Waals surface area (Å²) in [5.74, 6) is -0.130. The van der Waals surface area contributed by atoms with Gasteiger partial charge in [0.05, 0.1) is 7.11 Å². The van der Waals surface area contributed by atoms with Crippen LogP contribution in [0.4, 0.5) is 0 Å². The molecule has 0 fully saturated rings. The number of carbonyl (C=O) groups is 1. The van der Waals surface area contributed by atoms with Gasteiger partial charge in [-0.2, -0.15) is 0 Å². The van der Waals surface area contributed by atoms with Crippen LogP contribution in [0.1, 0.15) is 47.0 Å². The number of amides is 1. The second-order valence-electron chi connectivity index (χ2n) is 7.52. The molecule has 5 heteroatoms. The molecule has 1 unspecified atom stereocenters. The van der Waals surface area contributed by atoms with E-state index in [2.05, 4.69) is 40.4 Å². The largest absolute Gasteiger partial charge is 0.414 e. The van der Waals surface area contributed by atoms with Crippen LogP contribution in [-0.4, -0.2) is 39.5 Å². The number of hydroxylamine groups is 2. The molecule has 0 rings (SSSR count).